The number of anilines is 1. The number of benzene rings is 1. The number of carbonyl (C=O) groups is 1. The van der Waals surface area contributed by atoms with Gasteiger partial charge in [-0.05, 0) is 18.2 Å². The van der Waals surface area contributed by atoms with Crippen LogP contribution in [0, 0.1) is 0 Å². The van der Waals surface area contributed by atoms with E-state index >= 15 is 0 Å². The SMILES string of the molecule is O=C(O)C(Cl)=C(Cl)C=NNc1ccc(Cl)cc1Cl. The van der Waals surface area contributed by atoms with Gasteiger partial charge < -0.3 is 5.11 Å². The Balaban J connectivity index is 2.77. The van der Waals surface area contributed by atoms with Crippen LogP contribution in [0.1, 0.15) is 0 Å². The van der Waals surface area contributed by atoms with E-state index in [1.54, 1.807) is 12.1 Å². The van der Waals surface area contributed by atoms with Crippen molar-refractivity contribution in [1.82, 2.24) is 0 Å². The van der Waals surface area contributed by atoms with Gasteiger partial charge in [-0.15, -0.1) is 0 Å². The molecule has 96 valence electrons. The van der Waals surface area contributed by atoms with Crippen molar-refractivity contribution >= 4 is 64.3 Å². The molecule has 0 aliphatic carbocycles. The summed E-state index contributed by atoms with van der Waals surface area (Å²) >= 11 is 22.6. The molecule has 1 rings (SSSR count). The van der Waals surface area contributed by atoms with Crippen molar-refractivity contribution in [2.24, 2.45) is 5.10 Å². The van der Waals surface area contributed by atoms with Crippen molar-refractivity contribution < 1.29 is 9.90 Å². The first-order valence-electron chi connectivity index (χ1n) is 4.44. The maximum absolute atomic E-state index is 10.5. The molecular formula is C10H6Cl4N2O2. The summed E-state index contributed by atoms with van der Waals surface area (Å²) in [7, 11) is 0. The summed E-state index contributed by atoms with van der Waals surface area (Å²) in [6.07, 6.45) is 1.06. The molecule has 0 aliphatic rings. The first kappa shape index (κ1) is 15.1. The molecule has 0 aromatic heterocycles. The number of carboxylic acid groups (broad SMARTS) is 1. The van der Waals surface area contributed by atoms with Crippen molar-refractivity contribution in [3.05, 3.63) is 38.3 Å². The first-order valence-corrected chi connectivity index (χ1v) is 5.95. The van der Waals surface area contributed by atoms with E-state index in [-0.39, 0.29) is 5.03 Å². The van der Waals surface area contributed by atoms with Crippen LogP contribution in [0.5, 0.6) is 0 Å². The van der Waals surface area contributed by atoms with Gasteiger partial charge in [-0.3, -0.25) is 5.43 Å². The van der Waals surface area contributed by atoms with Gasteiger partial charge in [-0.2, -0.15) is 5.10 Å². The standard InChI is InChI=1S/C10H6Cl4N2O2/c11-5-1-2-8(6(12)3-5)16-15-4-7(13)9(14)10(17)18/h1-4,16H,(H,17,18). The Labute approximate surface area is 123 Å². The zero-order chi connectivity index (χ0) is 13.7. The summed E-state index contributed by atoms with van der Waals surface area (Å²) < 4.78 is 0. The number of nitrogens with zero attached hydrogens (tertiary/aromatic N) is 1. The fraction of sp³-hybridized carbons (Fsp3) is 0. The number of hydrogen-bond acceptors (Lipinski definition) is 3. The molecular weight excluding hydrogens is 322 g/mol. The van der Waals surface area contributed by atoms with Crippen LogP contribution < -0.4 is 5.43 Å². The number of carboxylic acids is 1. The number of halogens is 4. The maximum Gasteiger partial charge on any atom is 0.348 e. The Hall–Kier alpha value is -0.940. The fourth-order valence-corrected chi connectivity index (χ4v) is 1.53. The molecule has 0 unspecified atom stereocenters. The third-order valence-electron chi connectivity index (χ3n) is 1.69. The average Bonchev–Trinajstić information content (AvgIpc) is 2.30. The normalized spacial score (nSPS) is 12.4. The van der Waals surface area contributed by atoms with E-state index in [4.69, 9.17) is 51.5 Å². The Bertz CT molecular complexity index is 529. The van der Waals surface area contributed by atoms with E-state index in [1.807, 2.05) is 0 Å². The van der Waals surface area contributed by atoms with Gasteiger partial charge in [0.2, 0.25) is 0 Å². The monoisotopic (exact) mass is 326 g/mol. The molecule has 0 saturated carbocycles. The van der Waals surface area contributed by atoms with Crippen LogP contribution in [0.15, 0.2) is 33.4 Å². The predicted octanol–water partition coefficient (Wildman–Crippen LogP) is 4.16. The highest BCUT2D eigenvalue weighted by atomic mass is 35.5. The third kappa shape index (κ3) is 4.38. The smallest absolute Gasteiger partial charge is 0.348 e. The van der Waals surface area contributed by atoms with Gasteiger partial charge >= 0.3 is 5.97 Å². The van der Waals surface area contributed by atoms with E-state index < -0.39 is 11.0 Å². The lowest BCUT2D eigenvalue weighted by Crippen LogP contribution is -1.98. The zero-order valence-electron chi connectivity index (χ0n) is 8.62. The van der Waals surface area contributed by atoms with Crippen molar-refractivity contribution in [3.63, 3.8) is 0 Å². The molecule has 18 heavy (non-hydrogen) atoms. The molecule has 0 amide bonds. The van der Waals surface area contributed by atoms with Crippen molar-refractivity contribution in [1.29, 1.82) is 0 Å². The second-order valence-corrected chi connectivity index (χ2v) is 4.59. The number of hydrogen-bond donors (Lipinski definition) is 2. The fourth-order valence-electron chi connectivity index (χ4n) is 0.897. The minimum Gasteiger partial charge on any atom is -0.477 e. The van der Waals surface area contributed by atoms with E-state index in [0.29, 0.717) is 15.7 Å². The Morgan fingerprint density at radius 3 is 2.56 bits per heavy atom. The van der Waals surface area contributed by atoms with Gasteiger partial charge in [0.1, 0.15) is 5.03 Å². The van der Waals surface area contributed by atoms with E-state index in [9.17, 15) is 4.79 Å². The summed E-state index contributed by atoms with van der Waals surface area (Å²) in [5.74, 6) is -1.34. The Morgan fingerprint density at radius 1 is 1.33 bits per heavy atom. The number of aliphatic carboxylic acids is 1. The Kier molecular flexibility index (Phi) is 5.75. The number of hydrazone groups is 1. The second-order valence-electron chi connectivity index (χ2n) is 2.96. The van der Waals surface area contributed by atoms with Gasteiger partial charge in [0.05, 0.1) is 22.0 Å². The molecule has 8 heteroatoms. The molecule has 0 heterocycles. The van der Waals surface area contributed by atoms with Gasteiger partial charge in [-0.1, -0.05) is 46.4 Å². The Morgan fingerprint density at radius 2 is 2.00 bits per heavy atom. The van der Waals surface area contributed by atoms with E-state index in [0.717, 1.165) is 6.21 Å². The highest BCUT2D eigenvalue weighted by Gasteiger charge is 2.07. The van der Waals surface area contributed by atoms with Crippen LogP contribution in [0.3, 0.4) is 0 Å². The number of allylic oxidation sites excluding steroid dienone is 1. The molecule has 4 nitrogen and oxygen atoms in total. The van der Waals surface area contributed by atoms with Crippen molar-refractivity contribution in [2.45, 2.75) is 0 Å². The van der Waals surface area contributed by atoms with Crippen molar-refractivity contribution in [2.75, 3.05) is 5.43 Å². The van der Waals surface area contributed by atoms with Crippen LogP contribution in [0.2, 0.25) is 10.0 Å². The molecule has 2 N–H and O–H groups in total. The van der Waals surface area contributed by atoms with Crippen molar-refractivity contribution in [3.8, 4) is 0 Å². The zero-order valence-corrected chi connectivity index (χ0v) is 11.6. The largest absolute Gasteiger partial charge is 0.477 e. The lowest BCUT2D eigenvalue weighted by atomic mass is 10.3. The van der Waals surface area contributed by atoms with Crippen LogP contribution in [-0.4, -0.2) is 17.3 Å². The van der Waals surface area contributed by atoms with E-state index in [1.165, 1.54) is 6.07 Å². The molecule has 0 fully saturated rings. The van der Waals surface area contributed by atoms with Crippen LogP contribution in [0.4, 0.5) is 5.69 Å². The number of nitrogens with one attached hydrogen (secondary N) is 1. The third-order valence-corrected chi connectivity index (χ3v) is 2.99. The van der Waals surface area contributed by atoms with Gasteiger partial charge in [0, 0.05) is 5.02 Å². The summed E-state index contributed by atoms with van der Waals surface area (Å²) in [4.78, 5) is 10.5. The van der Waals surface area contributed by atoms with Gasteiger partial charge in [-0.25, -0.2) is 4.79 Å². The molecule has 0 atom stereocenters. The predicted molar refractivity (Wildman–Crippen MR) is 74.9 cm³/mol. The summed E-state index contributed by atoms with van der Waals surface area (Å²) in [6, 6.07) is 4.76. The average molecular weight is 328 g/mol. The first-order chi connectivity index (χ1) is 8.41. The highest BCUT2D eigenvalue weighted by molar-refractivity contribution is 6.51. The minimum atomic E-state index is -1.34. The molecule has 0 aliphatic heterocycles. The summed E-state index contributed by atoms with van der Waals surface area (Å²) in [6.45, 7) is 0. The quantitative estimate of drug-likeness (QED) is 0.495. The summed E-state index contributed by atoms with van der Waals surface area (Å²) in [5.41, 5.74) is 3.07. The van der Waals surface area contributed by atoms with Crippen LogP contribution in [-0.2, 0) is 4.79 Å². The molecule has 0 saturated heterocycles. The molecule has 0 bridgehead atoms. The lowest BCUT2D eigenvalue weighted by molar-refractivity contribution is -0.131. The summed E-state index contributed by atoms with van der Waals surface area (Å²) in [5, 5.41) is 12.4. The van der Waals surface area contributed by atoms with Gasteiger partial charge in [0.15, 0.2) is 0 Å². The second kappa shape index (κ2) is 6.85. The van der Waals surface area contributed by atoms with Crippen LogP contribution in [0.25, 0.3) is 0 Å². The molecule has 1 aromatic carbocycles. The maximum atomic E-state index is 10.5. The minimum absolute atomic E-state index is 0.207. The highest BCUT2D eigenvalue weighted by Crippen LogP contribution is 2.25. The number of rotatable bonds is 4. The topological polar surface area (TPSA) is 61.7 Å². The van der Waals surface area contributed by atoms with E-state index in [2.05, 4.69) is 10.5 Å². The van der Waals surface area contributed by atoms with Gasteiger partial charge in [0.25, 0.3) is 0 Å². The lowest BCUT2D eigenvalue weighted by Gasteiger charge is -2.02. The molecule has 0 radical (unpaired) electrons. The molecule has 0 spiro atoms. The van der Waals surface area contributed by atoms with Crippen LogP contribution >= 0.6 is 46.4 Å². The molecule has 1 aromatic rings.